The van der Waals surface area contributed by atoms with Gasteiger partial charge in [0.25, 0.3) is 0 Å². The van der Waals surface area contributed by atoms with E-state index in [-0.39, 0.29) is 11.6 Å². The zero-order valence-electron chi connectivity index (χ0n) is 10.3. The van der Waals surface area contributed by atoms with Gasteiger partial charge in [-0.25, -0.2) is 4.79 Å². The standard InChI is InChI=1S/C10H16N3O4/c1-6(2)5-12-7(3)8(13(16)17)9(14)11(4)10(12)15/h6,8H,5H2,1-4H3/q+1. The van der Waals surface area contributed by atoms with E-state index < -0.39 is 22.9 Å². The van der Waals surface area contributed by atoms with Gasteiger partial charge >= 0.3 is 18.0 Å². The normalized spacial score (nSPS) is 21.5. The Morgan fingerprint density at radius 1 is 1.47 bits per heavy atom. The topological polar surface area (TPSA) is 83.5 Å². The Hall–Kier alpha value is -1.79. The Labute approximate surface area is 98.9 Å². The van der Waals surface area contributed by atoms with Crippen molar-refractivity contribution >= 4 is 17.6 Å². The molecule has 0 aromatic heterocycles. The molecule has 17 heavy (non-hydrogen) atoms. The van der Waals surface area contributed by atoms with Gasteiger partial charge in [-0.2, -0.15) is 14.3 Å². The summed E-state index contributed by atoms with van der Waals surface area (Å²) in [7, 11) is 1.26. The van der Waals surface area contributed by atoms with Crippen molar-refractivity contribution in [1.82, 2.24) is 4.90 Å². The molecule has 1 rings (SSSR count). The summed E-state index contributed by atoms with van der Waals surface area (Å²) in [4.78, 5) is 34.5. The van der Waals surface area contributed by atoms with E-state index in [0.717, 1.165) is 4.90 Å². The fourth-order valence-corrected chi connectivity index (χ4v) is 1.77. The van der Waals surface area contributed by atoms with Crippen molar-refractivity contribution in [1.29, 1.82) is 0 Å². The lowest BCUT2D eigenvalue weighted by molar-refractivity contribution is -0.517. The molecule has 94 valence electrons. The zero-order valence-corrected chi connectivity index (χ0v) is 10.3. The minimum Gasteiger partial charge on any atom is -0.263 e. The first kappa shape index (κ1) is 13.3. The fraction of sp³-hybridized carbons (Fsp3) is 0.700. The first-order valence-corrected chi connectivity index (χ1v) is 5.33. The molecule has 1 aliphatic heterocycles. The maximum Gasteiger partial charge on any atom is 0.500 e. The van der Waals surface area contributed by atoms with Gasteiger partial charge in [-0.05, 0) is 5.92 Å². The molecule has 1 unspecified atom stereocenters. The number of hydrogen-bond donors (Lipinski definition) is 0. The molecule has 1 heterocycles. The van der Waals surface area contributed by atoms with Crippen molar-refractivity contribution in [3.8, 4) is 0 Å². The highest BCUT2D eigenvalue weighted by molar-refractivity contribution is 6.11. The molecule has 0 saturated heterocycles. The van der Waals surface area contributed by atoms with Gasteiger partial charge in [-0.15, -0.1) is 0 Å². The average Bonchev–Trinajstić information content (AvgIpc) is 2.21. The molecule has 0 bridgehead atoms. The third-order valence-electron chi connectivity index (χ3n) is 2.66. The number of carbonyl (C=O) groups excluding carboxylic acids is 2. The fourth-order valence-electron chi connectivity index (χ4n) is 1.77. The van der Waals surface area contributed by atoms with Crippen LogP contribution in [0.4, 0.5) is 4.79 Å². The van der Waals surface area contributed by atoms with Gasteiger partial charge in [-0.1, -0.05) is 13.8 Å². The second kappa shape index (κ2) is 4.60. The first-order valence-electron chi connectivity index (χ1n) is 5.33. The van der Waals surface area contributed by atoms with Crippen LogP contribution >= 0.6 is 0 Å². The predicted molar refractivity (Wildman–Crippen MR) is 59.6 cm³/mol. The van der Waals surface area contributed by atoms with Crippen molar-refractivity contribution < 1.29 is 19.1 Å². The summed E-state index contributed by atoms with van der Waals surface area (Å²) in [6.07, 6.45) is 0. The summed E-state index contributed by atoms with van der Waals surface area (Å²) in [5.41, 5.74) is 0.191. The second-order valence-corrected chi connectivity index (χ2v) is 4.51. The van der Waals surface area contributed by atoms with Crippen LogP contribution in [0.5, 0.6) is 0 Å². The number of hydrogen-bond acceptors (Lipinski definition) is 4. The second-order valence-electron chi connectivity index (χ2n) is 4.51. The molecule has 1 atom stereocenters. The largest absolute Gasteiger partial charge is 0.500 e. The summed E-state index contributed by atoms with van der Waals surface area (Å²) < 4.78 is 1.31. The quantitative estimate of drug-likeness (QED) is 0.406. The lowest BCUT2D eigenvalue weighted by Crippen LogP contribution is -2.58. The van der Waals surface area contributed by atoms with E-state index in [0.29, 0.717) is 6.54 Å². The van der Waals surface area contributed by atoms with E-state index in [9.17, 15) is 19.7 Å². The lowest BCUT2D eigenvalue weighted by atomic mass is 10.1. The van der Waals surface area contributed by atoms with Gasteiger partial charge in [0.15, 0.2) is 5.71 Å². The highest BCUT2D eigenvalue weighted by atomic mass is 16.6. The molecule has 0 aliphatic carbocycles. The van der Waals surface area contributed by atoms with Crippen LogP contribution < -0.4 is 0 Å². The number of imide groups is 1. The van der Waals surface area contributed by atoms with E-state index in [1.54, 1.807) is 0 Å². The SMILES string of the molecule is CC1=[N+](CC(C)C)C(=O)N(C)C(=O)C1[N+](=O)[O-]. The number of nitrogens with zero attached hydrogens (tertiary/aromatic N) is 3. The molecule has 0 radical (unpaired) electrons. The number of urea groups is 1. The van der Waals surface area contributed by atoms with E-state index in [1.807, 2.05) is 13.8 Å². The highest BCUT2D eigenvalue weighted by Crippen LogP contribution is 2.11. The minimum atomic E-state index is -1.45. The molecule has 7 nitrogen and oxygen atoms in total. The van der Waals surface area contributed by atoms with Crippen molar-refractivity contribution in [3.05, 3.63) is 10.1 Å². The van der Waals surface area contributed by atoms with Crippen LogP contribution in [-0.2, 0) is 4.79 Å². The third-order valence-corrected chi connectivity index (χ3v) is 2.66. The van der Waals surface area contributed by atoms with E-state index in [1.165, 1.54) is 18.5 Å². The summed E-state index contributed by atoms with van der Waals surface area (Å²) in [6, 6.07) is -1.95. The lowest BCUT2D eigenvalue weighted by Gasteiger charge is -2.21. The smallest absolute Gasteiger partial charge is 0.263 e. The molecule has 0 N–H and O–H groups in total. The number of likely N-dealkylation sites (N-methyl/N-ethyl adjacent to an activating group) is 1. The summed E-state index contributed by atoms with van der Waals surface area (Å²) >= 11 is 0. The molecular weight excluding hydrogens is 226 g/mol. The minimum absolute atomic E-state index is 0.169. The number of carbonyl (C=O) groups is 2. The van der Waals surface area contributed by atoms with Gasteiger partial charge in [0.1, 0.15) is 0 Å². The van der Waals surface area contributed by atoms with Crippen LogP contribution in [0.2, 0.25) is 0 Å². The molecular formula is C10H16N3O4+. The number of rotatable bonds is 3. The van der Waals surface area contributed by atoms with Crippen LogP contribution in [0.25, 0.3) is 0 Å². The van der Waals surface area contributed by atoms with Crippen molar-refractivity contribution in [2.24, 2.45) is 5.92 Å². The zero-order chi connectivity index (χ0) is 13.3. The Kier molecular flexibility index (Phi) is 3.59. The highest BCUT2D eigenvalue weighted by Gasteiger charge is 2.51. The summed E-state index contributed by atoms with van der Waals surface area (Å²) in [5, 5.41) is 10.9. The molecule has 0 aromatic rings. The molecule has 0 fully saturated rings. The van der Waals surface area contributed by atoms with Gasteiger partial charge in [0, 0.05) is 11.8 Å². The molecule has 0 saturated carbocycles. The van der Waals surface area contributed by atoms with Gasteiger partial charge in [-0.3, -0.25) is 10.1 Å². The molecule has 0 aromatic carbocycles. The number of amides is 3. The van der Waals surface area contributed by atoms with E-state index >= 15 is 0 Å². The van der Waals surface area contributed by atoms with Crippen LogP contribution in [0.15, 0.2) is 0 Å². The average molecular weight is 242 g/mol. The Morgan fingerprint density at radius 2 is 2.00 bits per heavy atom. The van der Waals surface area contributed by atoms with Crippen LogP contribution in [0.1, 0.15) is 20.8 Å². The maximum atomic E-state index is 11.8. The summed E-state index contributed by atoms with van der Waals surface area (Å²) in [6.45, 7) is 5.63. The molecule has 3 amide bonds. The van der Waals surface area contributed by atoms with Crippen molar-refractivity contribution in [3.63, 3.8) is 0 Å². The monoisotopic (exact) mass is 242 g/mol. The Bertz CT molecular complexity index is 414. The first-order chi connectivity index (χ1) is 7.77. The molecule has 1 aliphatic rings. The van der Waals surface area contributed by atoms with Crippen molar-refractivity contribution in [2.75, 3.05) is 13.6 Å². The van der Waals surface area contributed by atoms with Crippen LogP contribution in [-0.4, -0.2) is 51.7 Å². The van der Waals surface area contributed by atoms with E-state index in [2.05, 4.69) is 0 Å². The van der Waals surface area contributed by atoms with Gasteiger partial charge in [0.2, 0.25) is 0 Å². The van der Waals surface area contributed by atoms with Crippen LogP contribution in [0.3, 0.4) is 0 Å². The Balaban J connectivity index is 3.26. The van der Waals surface area contributed by atoms with E-state index in [4.69, 9.17) is 0 Å². The molecule has 7 heteroatoms. The Morgan fingerprint density at radius 3 is 2.41 bits per heavy atom. The van der Waals surface area contributed by atoms with Crippen molar-refractivity contribution in [2.45, 2.75) is 26.8 Å². The van der Waals surface area contributed by atoms with Crippen LogP contribution in [0, 0.1) is 16.0 Å². The maximum absolute atomic E-state index is 11.8. The number of nitro groups is 1. The third kappa shape index (κ3) is 2.32. The van der Waals surface area contributed by atoms with Gasteiger partial charge < -0.3 is 0 Å². The van der Waals surface area contributed by atoms with Gasteiger partial charge in [0.05, 0.1) is 13.6 Å². The molecule has 0 spiro atoms. The predicted octanol–water partition coefficient (Wildman–Crippen LogP) is 0.353. The summed E-state index contributed by atoms with van der Waals surface area (Å²) in [5.74, 6) is -0.611.